The molecule has 5 nitrogen and oxygen atoms in total. The van der Waals surface area contributed by atoms with Crippen LogP contribution in [0.15, 0.2) is 24.3 Å². The topological polar surface area (TPSA) is 83.6 Å². The second-order valence-electron chi connectivity index (χ2n) is 5.06. The van der Waals surface area contributed by atoms with Gasteiger partial charge in [0.2, 0.25) is 0 Å². The minimum absolute atomic E-state index is 0.0960. The van der Waals surface area contributed by atoms with Gasteiger partial charge in [-0.05, 0) is 30.5 Å². The smallest absolute Gasteiger partial charge is 0.336 e. The Kier molecular flexibility index (Phi) is 4.44. The van der Waals surface area contributed by atoms with Crippen molar-refractivity contribution in [1.82, 2.24) is 4.31 Å². The summed E-state index contributed by atoms with van der Waals surface area (Å²) in [4.78, 5) is 0. The molecular formula is C13H20N2O3S. The molecule has 0 amide bonds. The van der Waals surface area contributed by atoms with Gasteiger partial charge in [0.05, 0.1) is 0 Å². The first-order valence-electron chi connectivity index (χ1n) is 6.55. The largest absolute Gasteiger partial charge is 0.399 e. The fourth-order valence-corrected chi connectivity index (χ4v) is 3.47. The zero-order valence-electron chi connectivity index (χ0n) is 10.8. The van der Waals surface area contributed by atoms with Crippen LogP contribution in [0.5, 0.6) is 0 Å². The van der Waals surface area contributed by atoms with Gasteiger partial charge in [-0.15, -0.1) is 0 Å². The molecule has 0 saturated heterocycles. The van der Waals surface area contributed by atoms with Gasteiger partial charge in [-0.3, -0.25) is 4.55 Å². The van der Waals surface area contributed by atoms with Gasteiger partial charge in [0, 0.05) is 18.3 Å². The van der Waals surface area contributed by atoms with E-state index in [1.807, 2.05) is 0 Å². The van der Waals surface area contributed by atoms with Gasteiger partial charge in [0.1, 0.15) is 0 Å². The highest BCUT2D eigenvalue weighted by atomic mass is 32.2. The Morgan fingerprint density at radius 3 is 2.26 bits per heavy atom. The van der Waals surface area contributed by atoms with Crippen molar-refractivity contribution in [3.63, 3.8) is 0 Å². The number of nitrogens with two attached hydrogens (primary N) is 1. The van der Waals surface area contributed by atoms with Crippen LogP contribution >= 0.6 is 0 Å². The number of rotatable bonds is 4. The summed E-state index contributed by atoms with van der Waals surface area (Å²) in [7, 11) is -4.17. The third-order valence-electron chi connectivity index (χ3n) is 3.60. The normalized spacial score (nSPS) is 17.8. The van der Waals surface area contributed by atoms with Crippen LogP contribution in [-0.2, 0) is 16.8 Å². The number of anilines is 1. The van der Waals surface area contributed by atoms with E-state index in [-0.39, 0.29) is 12.6 Å². The van der Waals surface area contributed by atoms with Crippen LogP contribution in [0, 0.1) is 0 Å². The fourth-order valence-electron chi connectivity index (χ4n) is 2.57. The second kappa shape index (κ2) is 5.90. The van der Waals surface area contributed by atoms with E-state index >= 15 is 0 Å². The Hall–Kier alpha value is -1.11. The molecule has 0 radical (unpaired) electrons. The first-order chi connectivity index (χ1) is 8.97. The molecule has 2 rings (SSSR count). The molecule has 106 valence electrons. The van der Waals surface area contributed by atoms with Crippen LogP contribution in [0.1, 0.15) is 37.7 Å². The Bertz CT molecular complexity index is 507. The van der Waals surface area contributed by atoms with E-state index in [2.05, 4.69) is 0 Å². The van der Waals surface area contributed by atoms with Crippen LogP contribution in [0.3, 0.4) is 0 Å². The van der Waals surface area contributed by atoms with Crippen molar-refractivity contribution >= 4 is 16.0 Å². The summed E-state index contributed by atoms with van der Waals surface area (Å²) in [5.74, 6) is 0. The molecule has 0 aromatic heterocycles. The maximum absolute atomic E-state index is 11.6. The molecule has 3 N–H and O–H groups in total. The third-order valence-corrected chi connectivity index (χ3v) is 4.62. The molecular weight excluding hydrogens is 264 g/mol. The molecule has 1 aromatic carbocycles. The Morgan fingerprint density at radius 1 is 1.16 bits per heavy atom. The summed E-state index contributed by atoms with van der Waals surface area (Å²) in [6.07, 6.45) is 4.79. The number of nitrogens with zero attached hydrogens (tertiary/aromatic N) is 1. The number of nitrogen functional groups attached to an aromatic ring is 1. The van der Waals surface area contributed by atoms with E-state index in [9.17, 15) is 13.0 Å². The lowest BCUT2D eigenvalue weighted by atomic mass is 9.95. The van der Waals surface area contributed by atoms with Crippen molar-refractivity contribution in [2.24, 2.45) is 0 Å². The van der Waals surface area contributed by atoms with Crippen LogP contribution in [-0.4, -0.2) is 23.3 Å². The Balaban J connectivity index is 2.16. The quantitative estimate of drug-likeness (QED) is 0.656. The van der Waals surface area contributed by atoms with E-state index in [4.69, 9.17) is 5.73 Å². The molecule has 0 aliphatic heterocycles. The first kappa shape index (κ1) is 14.3. The lowest BCUT2D eigenvalue weighted by Gasteiger charge is -2.31. The molecule has 1 saturated carbocycles. The van der Waals surface area contributed by atoms with Crippen molar-refractivity contribution in [3.05, 3.63) is 29.8 Å². The van der Waals surface area contributed by atoms with E-state index in [0.717, 1.165) is 37.7 Å². The van der Waals surface area contributed by atoms with Crippen molar-refractivity contribution in [2.75, 3.05) is 5.73 Å². The molecule has 1 aliphatic carbocycles. The summed E-state index contributed by atoms with van der Waals surface area (Å²) in [6.45, 7) is 0.198. The molecule has 0 unspecified atom stereocenters. The van der Waals surface area contributed by atoms with Gasteiger partial charge < -0.3 is 5.73 Å². The van der Waals surface area contributed by atoms with Gasteiger partial charge in [-0.25, -0.2) is 0 Å². The van der Waals surface area contributed by atoms with E-state index in [1.165, 1.54) is 4.31 Å². The molecule has 0 atom stereocenters. The van der Waals surface area contributed by atoms with E-state index < -0.39 is 10.3 Å². The standard InChI is InChI=1S/C13H20N2O3S/c14-12-8-6-11(7-9-12)10-15(19(16,17)18)13-4-2-1-3-5-13/h6-9,13H,1-5,10,14H2,(H,16,17,18). The van der Waals surface area contributed by atoms with Crippen molar-refractivity contribution in [1.29, 1.82) is 0 Å². The molecule has 0 spiro atoms. The van der Waals surface area contributed by atoms with E-state index in [1.54, 1.807) is 24.3 Å². The molecule has 1 fully saturated rings. The van der Waals surface area contributed by atoms with Crippen molar-refractivity contribution in [3.8, 4) is 0 Å². The van der Waals surface area contributed by atoms with Crippen LogP contribution < -0.4 is 5.73 Å². The number of benzene rings is 1. The Morgan fingerprint density at radius 2 is 1.74 bits per heavy atom. The summed E-state index contributed by atoms with van der Waals surface area (Å²) in [5, 5.41) is 0. The van der Waals surface area contributed by atoms with Crippen LogP contribution in [0.25, 0.3) is 0 Å². The first-order valence-corrected chi connectivity index (χ1v) is 7.95. The summed E-state index contributed by atoms with van der Waals surface area (Å²) in [5.41, 5.74) is 7.07. The molecule has 19 heavy (non-hydrogen) atoms. The molecule has 6 heteroatoms. The molecule has 1 aliphatic rings. The maximum Gasteiger partial charge on any atom is 0.336 e. The lowest BCUT2D eigenvalue weighted by Crippen LogP contribution is -2.40. The third kappa shape index (κ3) is 3.92. The van der Waals surface area contributed by atoms with Gasteiger partial charge >= 0.3 is 10.3 Å². The minimum Gasteiger partial charge on any atom is -0.399 e. The number of hydrogen-bond acceptors (Lipinski definition) is 3. The minimum atomic E-state index is -4.17. The maximum atomic E-state index is 11.6. The predicted molar refractivity (Wildman–Crippen MR) is 74.8 cm³/mol. The molecule has 0 bridgehead atoms. The van der Waals surface area contributed by atoms with Gasteiger partial charge in [0.25, 0.3) is 0 Å². The number of hydrogen-bond donors (Lipinski definition) is 2. The highest BCUT2D eigenvalue weighted by Crippen LogP contribution is 2.26. The molecule has 1 aromatic rings. The Labute approximate surface area is 114 Å². The van der Waals surface area contributed by atoms with Crippen molar-refractivity contribution in [2.45, 2.75) is 44.7 Å². The average Bonchev–Trinajstić information content (AvgIpc) is 2.37. The van der Waals surface area contributed by atoms with Crippen LogP contribution in [0.2, 0.25) is 0 Å². The van der Waals surface area contributed by atoms with Gasteiger partial charge in [0.15, 0.2) is 0 Å². The van der Waals surface area contributed by atoms with Crippen LogP contribution in [0.4, 0.5) is 5.69 Å². The highest BCUT2D eigenvalue weighted by molar-refractivity contribution is 7.83. The lowest BCUT2D eigenvalue weighted by molar-refractivity contribution is 0.227. The summed E-state index contributed by atoms with van der Waals surface area (Å²) < 4.78 is 33.7. The summed E-state index contributed by atoms with van der Waals surface area (Å²) >= 11 is 0. The van der Waals surface area contributed by atoms with Gasteiger partial charge in [-0.1, -0.05) is 31.4 Å². The SMILES string of the molecule is Nc1ccc(CN(C2CCCCC2)S(=O)(=O)O)cc1. The predicted octanol–water partition coefficient (Wildman–Crippen LogP) is 2.21. The second-order valence-corrected chi connectivity index (χ2v) is 6.42. The zero-order valence-corrected chi connectivity index (χ0v) is 11.6. The van der Waals surface area contributed by atoms with Gasteiger partial charge in [-0.2, -0.15) is 12.7 Å². The monoisotopic (exact) mass is 284 g/mol. The zero-order chi connectivity index (χ0) is 13.9. The molecule has 0 heterocycles. The van der Waals surface area contributed by atoms with E-state index in [0.29, 0.717) is 5.69 Å². The fraction of sp³-hybridized carbons (Fsp3) is 0.538. The van der Waals surface area contributed by atoms with Crippen molar-refractivity contribution < 1.29 is 13.0 Å². The average molecular weight is 284 g/mol. The highest BCUT2D eigenvalue weighted by Gasteiger charge is 2.29. The summed E-state index contributed by atoms with van der Waals surface area (Å²) in [6, 6.07) is 6.95.